The van der Waals surface area contributed by atoms with Gasteiger partial charge < -0.3 is 31.9 Å². The number of fused-ring (bicyclic) bond motifs is 3. The number of phenols is 1. The maximum atomic E-state index is 13.4. The fourth-order valence-electron chi connectivity index (χ4n) is 5.72. The van der Waals surface area contributed by atoms with Gasteiger partial charge in [-0.3, -0.25) is 19.3 Å². The number of likely N-dealkylation sites (N-methyl/N-ethyl adjacent to an activating group) is 1. The van der Waals surface area contributed by atoms with Gasteiger partial charge in [-0.2, -0.15) is 0 Å². The van der Waals surface area contributed by atoms with Crippen molar-refractivity contribution in [1.29, 1.82) is 0 Å². The van der Waals surface area contributed by atoms with Gasteiger partial charge in [-0.05, 0) is 67.1 Å². The molecule has 3 aliphatic carbocycles. The second-order valence-electron chi connectivity index (χ2n) is 8.98. The molecule has 1 aromatic rings. The predicted molar refractivity (Wildman–Crippen MR) is 121 cm³/mol. The van der Waals surface area contributed by atoms with E-state index in [1.54, 1.807) is 20.2 Å². The van der Waals surface area contributed by atoms with Gasteiger partial charge in [0.2, 0.25) is 0 Å². The molecule has 1 amide bonds. The van der Waals surface area contributed by atoms with Crippen molar-refractivity contribution >= 4 is 45.8 Å². The van der Waals surface area contributed by atoms with E-state index in [2.05, 4.69) is 0 Å². The summed E-state index contributed by atoms with van der Waals surface area (Å²) in [6, 6.07) is 0.648. The van der Waals surface area contributed by atoms with E-state index in [0.29, 0.717) is 15.6 Å². The number of aliphatic hydroxyl groups excluding tert-OH is 2. The number of amides is 1. The predicted octanol–water partition coefficient (Wildman–Crippen LogP) is -0.528. The van der Waals surface area contributed by atoms with Gasteiger partial charge >= 0.3 is 0 Å². The van der Waals surface area contributed by atoms with Crippen LogP contribution in [0.15, 0.2) is 17.4 Å². The van der Waals surface area contributed by atoms with Gasteiger partial charge in [-0.15, -0.1) is 0 Å². The standard InChI is InChI=1S/C21H24IN3O7/c1-25(2)14-8-4-6-3-7-5-9(22)13(23)16(27)10(7)15(26)11(6)18(29)21(8,32)19(30)12(17(14)28)20(24)31/h5-6,8,11,14,18,27,29-30,32H,3-4,23H2,1-2H3,(H2,24,31)/t6?,8?,11?,14-,18+,21?/m0/s1. The fourth-order valence-corrected chi connectivity index (χ4v) is 6.36. The molecule has 10 nitrogen and oxygen atoms in total. The van der Waals surface area contributed by atoms with E-state index in [9.17, 15) is 34.8 Å². The normalized spacial score (nSPS) is 34.2. The highest BCUT2D eigenvalue weighted by molar-refractivity contribution is 14.1. The molecule has 8 N–H and O–H groups in total. The molecule has 0 spiro atoms. The van der Waals surface area contributed by atoms with Crippen molar-refractivity contribution in [3.8, 4) is 5.75 Å². The quantitative estimate of drug-likeness (QED) is 0.120. The van der Waals surface area contributed by atoms with Gasteiger partial charge in [0, 0.05) is 9.49 Å². The summed E-state index contributed by atoms with van der Waals surface area (Å²) >= 11 is 1.95. The maximum absolute atomic E-state index is 13.4. The number of Topliss-reactive ketones (excluding diaryl/α,β-unsaturated/α-hetero) is 2. The Bertz CT molecular complexity index is 1100. The van der Waals surface area contributed by atoms with Crippen molar-refractivity contribution in [2.24, 2.45) is 23.5 Å². The lowest BCUT2D eigenvalue weighted by atomic mass is 9.54. The van der Waals surface area contributed by atoms with E-state index in [0.717, 1.165) is 0 Å². The van der Waals surface area contributed by atoms with Crippen LogP contribution in [0.3, 0.4) is 0 Å². The second-order valence-corrected chi connectivity index (χ2v) is 10.1. The van der Waals surface area contributed by atoms with Crippen LogP contribution in [0.4, 0.5) is 5.69 Å². The molecule has 32 heavy (non-hydrogen) atoms. The van der Waals surface area contributed by atoms with Crippen LogP contribution in [0.1, 0.15) is 22.3 Å². The molecular weight excluding hydrogens is 533 g/mol. The molecule has 0 radical (unpaired) electrons. The zero-order valence-electron chi connectivity index (χ0n) is 17.4. The molecule has 11 heteroatoms. The first-order chi connectivity index (χ1) is 14.8. The number of nitrogens with two attached hydrogens (primary N) is 2. The van der Waals surface area contributed by atoms with Crippen molar-refractivity contribution in [2.75, 3.05) is 19.8 Å². The highest BCUT2D eigenvalue weighted by atomic mass is 127. The molecule has 0 aliphatic heterocycles. The van der Waals surface area contributed by atoms with Gasteiger partial charge in [-0.25, -0.2) is 0 Å². The number of aromatic hydroxyl groups is 1. The summed E-state index contributed by atoms with van der Waals surface area (Å²) in [6.07, 6.45) is -1.45. The van der Waals surface area contributed by atoms with Crippen LogP contribution in [0.2, 0.25) is 0 Å². The van der Waals surface area contributed by atoms with E-state index in [-0.39, 0.29) is 23.4 Å². The number of nitrogen functional groups attached to an aromatic ring is 1. The van der Waals surface area contributed by atoms with Crippen LogP contribution in [0, 0.1) is 21.3 Å². The van der Waals surface area contributed by atoms with Crippen molar-refractivity contribution in [3.05, 3.63) is 32.1 Å². The lowest BCUT2D eigenvalue weighted by Crippen LogP contribution is -2.69. The van der Waals surface area contributed by atoms with E-state index >= 15 is 0 Å². The summed E-state index contributed by atoms with van der Waals surface area (Å²) in [5.41, 5.74) is 8.51. The number of hydrogen-bond donors (Lipinski definition) is 6. The molecule has 172 valence electrons. The number of hydrogen-bond acceptors (Lipinski definition) is 9. The SMILES string of the molecule is CN(C)[C@@H]1C(=O)C(C(N)=O)=C(O)C2(O)C1CC1Cc3cc(I)c(N)c(O)c3C(=O)C1[C@H]2O. The van der Waals surface area contributed by atoms with Gasteiger partial charge in [0.1, 0.15) is 17.4 Å². The maximum Gasteiger partial charge on any atom is 0.255 e. The largest absolute Gasteiger partial charge is 0.508 e. The van der Waals surface area contributed by atoms with Gasteiger partial charge in [-0.1, -0.05) is 0 Å². The van der Waals surface area contributed by atoms with Crippen LogP contribution >= 0.6 is 22.6 Å². The molecule has 4 unspecified atom stereocenters. The first-order valence-electron chi connectivity index (χ1n) is 10.0. The number of nitrogens with zero attached hydrogens (tertiary/aromatic N) is 1. The summed E-state index contributed by atoms with van der Waals surface area (Å²) in [7, 11) is 3.15. The molecule has 1 aromatic carbocycles. The Kier molecular flexibility index (Phi) is 5.31. The average Bonchev–Trinajstić information content (AvgIpc) is 2.68. The second kappa shape index (κ2) is 7.40. The van der Waals surface area contributed by atoms with E-state index in [4.69, 9.17) is 11.5 Å². The Labute approximate surface area is 197 Å². The Morgan fingerprint density at radius 3 is 2.44 bits per heavy atom. The Morgan fingerprint density at radius 2 is 1.88 bits per heavy atom. The van der Waals surface area contributed by atoms with E-state index in [1.165, 1.54) is 4.90 Å². The molecule has 0 saturated heterocycles. The number of anilines is 1. The van der Waals surface area contributed by atoms with Crippen LogP contribution in [0.25, 0.3) is 0 Å². The van der Waals surface area contributed by atoms with Gasteiger partial charge in [0.05, 0.1) is 23.2 Å². The van der Waals surface area contributed by atoms with Crippen molar-refractivity contribution < 1.29 is 34.8 Å². The number of carbonyl (C=O) groups excluding carboxylic acids is 3. The van der Waals surface area contributed by atoms with Crippen molar-refractivity contribution in [2.45, 2.75) is 30.6 Å². The number of primary amides is 1. The smallest absolute Gasteiger partial charge is 0.255 e. The molecule has 3 aliphatic rings. The molecule has 1 saturated carbocycles. The van der Waals surface area contributed by atoms with Crippen molar-refractivity contribution in [3.63, 3.8) is 0 Å². The highest BCUT2D eigenvalue weighted by Crippen LogP contribution is 2.54. The van der Waals surface area contributed by atoms with Gasteiger partial charge in [0.15, 0.2) is 22.9 Å². The third-order valence-corrected chi connectivity index (χ3v) is 8.03. The molecule has 1 fully saturated rings. The number of benzene rings is 1. The summed E-state index contributed by atoms with van der Waals surface area (Å²) < 4.78 is 0.573. The van der Waals surface area contributed by atoms with E-state index < -0.39 is 64.3 Å². The van der Waals surface area contributed by atoms with E-state index in [1.807, 2.05) is 22.6 Å². The Morgan fingerprint density at radius 1 is 1.25 bits per heavy atom. The summed E-state index contributed by atoms with van der Waals surface area (Å²) in [6.45, 7) is 0. The van der Waals surface area contributed by atoms with Crippen LogP contribution in [0.5, 0.6) is 5.75 Å². The molecular formula is C21H24IN3O7. The number of halogens is 1. The minimum Gasteiger partial charge on any atom is -0.508 e. The first-order valence-corrected chi connectivity index (χ1v) is 11.1. The molecule has 6 atom stereocenters. The topological polar surface area (TPSA) is 187 Å². The number of phenolic OH excluding ortho intramolecular Hbond substituents is 1. The fraction of sp³-hybridized carbons (Fsp3) is 0.476. The van der Waals surface area contributed by atoms with Crippen LogP contribution < -0.4 is 11.5 Å². The Hall–Kier alpha value is -2.22. The number of aliphatic hydroxyl groups is 3. The monoisotopic (exact) mass is 557 g/mol. The molecule has 0 aromatic heterocycles. The molecule has 0 heterocycles. The Balaban J connectivity index is 1.91. The summed E-state index contributed by atoms with van der Waals surface area (Å²) in [4.78, 5) is 39.9. The number of carbonyl (C=O) groups is 3. The number of rotatable bonds is 2. The third kappa shape index (κ3) is 2.84. The van der Waals surface area contributed by atoms with Crippen molar-refractivity contribution in [1.82, 2.24) is 4.90 Å². The zero-order valence-corrected chi connectivity index (χ0v) is 19.5. The number of ketones is 2. The lowest BCUT2D eigenvalue weighted by molar-refractivity contribution is -0.183. The molecule has 4 rings (SSSR count). The summed E-state index contributed by atoms with van der Waals surface area (Å²) in [5.74, 6) is -6.69. The van der Waals surface area contributed by atoms with Gasteiger partial charge in [0.25, 0.3) is 5.91 Å². The lowest BCUT2D eigenvalue weighted by Gasteiger charge is -2.55. The minimum atomic E-state index is -2.45. The third-order valence-electron chi connectivity index (χ3n) is 7.14. The molecule has 0 bridgehead atoms. The highest BCUT2D eigenvalue weighted by Gasteiger charge is 2.65. The summed E-state index contributed by atoms with van der Waals surface area (Å²) in [5, 5.41) is 44.1. The zero-order chi connectivity index (χ0) is 23.9. The minimum absolute atomic E-state index is 0.0279. The van der Waals surface area contributed by atoms with Crippen LogP contribution in [-0.4, -0.2) is 74.6 Å². The first kappa shape index (κ1) is 23.0. The average molecular weight is 557 g/mol. The van der Waals surface area contributed by atoms with Crippen LogP contribution in [-0.2, 0) is 16.0 Å².